The molecule has 0 fully saturated rings. The molecule has 2 aromatic carbocycles. The van der Waals surface area contributed by atoms with Gasteiger partial charge in [-0.25, -0.2) is 0 Å². The quantitative estimate of drug-likeness (QED) is 0.0388. The molecule has 59 heavy (non-hydrogen) atoms. The number of methoxy groups -OCH3 is 1. The molecule has 0 saturated carbocycles. The maximum Gasteiger partial charge on any atom is 0.312 e. The normalized spacial score (nSPS) is 30.1. The summed E-state index contributed by atoms with van der Waals surface area (Å²) in [7, 11) is 1.43. The van der Waals surface area contributed by atoms with Gasteiger partial charge in [-0.1, -0.05) is 70.8 Å². The van der Waals surface area contributed by atoms with Crippen molar-refractivity contribution in [1.29, 1.82) is 0 Å². The molecule has 5 rings (SSSR count). The highest BCUT2D eigenvalue weighted by Crippen LogP contribution is 2.55. The number of phenolic OH excluding ortho intramolecular Hbond substituents is 3. The first-order valence-electron chi connectivity index (χ1n) is 20.1. The summed E-state index contributed by atoms with van der Waals surface area (Å²) >= 11 is 0. The number of aliphatic hydroxyl groups excluding tert-OH is 2. The summed E-state index contributed by atoms with van der Waals surface area (Å²) in [6.45, 7) is 14.8. The second-order valence-corrected chi connectivity index (χ2v) is 15.7. The number of hydrogen-bond acceptors (Lipinski definition) is 14. The average molecular weight is 825 g/mol. The number of esters is 1. The lowest BCUT2D eigenvalue weighted by Crippen LogP contribution is -2.46. The van der Waals surface area contributed by atoms with Crippen molar-refractivity contribution in [3.8, 4) is 23.0 Å². The molecule has 5 bridgehead atoms. The van der Waals surface area contributed by atoms with Gasteiger partial charge in [-0.05, 0) is 32.8 Å². The number of hydrogen-bond donors (Lipinski definition) is 6. The Bertz CT molecular complexity index is 2010. The van der Waals surface area contributed by atoms with Gasteiger partial charge < -0.3 is 54.6 Å². The van der Waals surface area contributed by atoms with E-state index in [9.17, 15) is 39.9 Å². The van der Waals surface area contributed by atoms with E-state index < -0.39 is 88.8 Å². The molecule has 3 heterocycles. The summed E-state index contributed by atoms with van der Waals surface area (Å²) in [5, 5.41) is 64.1. The molecule has 324 valence electrons. The number of ketones is 1. The number of unbranched alkanes of at least 4 members (excludes halogenated alkanes) is 3. The van der Waals surface area contributed by atoms with Crippen molar-refractivity contribution < 1.29 is 63.7 Å². The van der Waals surface area contributed by atoms with Gasteiger partial charge in [0.25, 0.3) is 11.7 Å². The highest BCUT2D eigenvalue weighted by molar-refractivity contribution is 6.23. The Balaban J connectivity index is 1.93. The fourth-order valence-electron chi connectivity index (χ4n) is 7.61. The molecule has 9 atom stereocenters. The van der Waals surface area contributed by atoms with E-state index in [0.717, 1.165) is 25.5 Å². The minimum atomic E-state index is -2.05. The van der Waals surface area contributed by atoms with Crippen molar-refractivity contribution in [3.63, 3.8) is 0 Å². The molecule has 0 spiro atoms. The smallest absolute Gasteiger partial charge is 0.312 e. The minimum Gasteiger partial charge on any atom is -0.507 e. The van der Waals surface area contributed by atoms with Crippen LogP contribution in [0.15, 0.2) is 41.3 Å². The highest BCUT2D eigenvalue weighted by Gasteiger charge is 2.50. The van der Waals surface area contributed by atoms with E-state index in [4.69, 9.17) is 23.8 Å². The van der Waals surface area contributed by atoms with Crippen molar-refractivity contribution >= 4 is 40.3 Å². The molecule has 0 aromatic heterocycles. The lowest BCUT2D eigenvalue weighted by atomic mass is 9.78. The van der Waals surface area contributed by atoms with Crippen molar-refractivity contribution in [2.75, 3.05) is 19.0 Å². The predicted octanol–water partition coefficient (Wildman–Crippen LogP) is 6.68. The summed E-state index contributed by atoms with van der Waals surface area (Å²) in [6, 6.07) is 0. The largest absolute Gasteiger partial charge is 0.507 e. The Hall–Kier alpha value is -5.12. The van der Waals surface area contributed by atoms with Crippen molar-refractivity contribution in [3.05, 3.63) is 52.8 Å². The maximum absolute atomic E-state index is 14.4. The number of Topliss-reactive ketones (excluding diaryl/α,β-unsaturated/α-hetero) is 1. The van der Waals surface area contributed by atoms with Crippen LogP contribution in [0.3, 0.4) is 0 Å². The van der Waals surface area contributed by atoms with Gasteiger partial charge in [0, 0.05) is 61.2 Å². The molecule has 0 radical (unpaired) electrons. The Kier molecular flexibility index (Phi) is 15.6. The van der Waals surface area contributed by atoms with E-state index in [2.05, 4.69) is 17.4 Å². The van der Waals surface area contributed by atoms with Crippen molar-refractivity contribution in [1.82, 2.24) is 0 Å². The first-order chi connectivity index (χ1) is 27.8. The molecule has 1 amide bonds. The third kappa shape index (κ3) is 9.85. The van der Waals surface area contributed by atoms with Crippen LogP contribution in [-0.2, 0) is 28.6 Å². The van der Waals surface area contributed by atoms with Crippen LogP contribution in [-0.4, -0.2) is 93.3 Å². The Morgan fingerprint density at radius 2 is 1.64 bits per heavy atom. The van der Waals surface area contributed by atoms with Crippen LogP contribution in [0.2, 0.25) is 0 Å². The first-order valence-corrected chi connectivity index (χ1v) is 20.1. The number of nitrogens with zero attached hydrogens (tertiary/aromatic N) is 1. The monoisotopic (exact) mass is 824 g/mol. The van der Waals surface area contributed by atoms with Crippen LogP contribution in [0.1, 0.15) is 103 Å². The van der Waals surface area contributed by atoms with E-state index in [1.165, 1.54) is 53.2 Å². The standard InChI is InChI=1S/C44H60N2O13/c1-11-12-13-14-19-57-45-21-29-34-39(52)32-31(38(29)51)33-41(27(7)37(32)50)59-44(9,42(33)53)56-20-18-30(55-10)24(4)40(58-28(8)47)26(6)36(49)25(5)35(48)22(2)16-15-17-23(3)43(54)46-34/h15-18,20-22,24-26,30,35-36,40,48-52H,11-14,19H2,1-10H3,(H,46,54)/b16-15-,20-18-,23-17-,45-21-. The van der Waals surface area contributed by atoms with Crippen LogP contribution in [0.5, 0.6) is 23.0 Å². The predicted molar refractivity (Wildman–Crippen MR) is 222 cm³/mol. The minimum absolute atomic E-state index is 0.0402. The fraction of sp³-hybridized carbons (Fsp3) is 0.545. The zero-order valence-electron chi connectivity index (χ0n) is 35.6. The van der Waals surface area contributed by atoms with E-state index in [1.807, 2.05) is 0 Å². The molecule has 6 N–H and O–H groups in total. The SMILES string of the molecule is CCCCCCO/N=C\c1c2c(O)c3c(O)c(C)c4c(c3c1O)C(=O)C(C)(O/C=C\C(OC)C(C)C(OC(C)=O)C(C)C(O)C(C)C(O)C(C)/C=C\C=C(\C)C(=O)N2)O4. The number of aliphatic hydroxyl groups is 2. The molecule has 0 aliphatic carbocycles. The van der Waals surface area contributed by atoms with Crippen molar-refractivity contribution in [2.24, 2.45) is 28.8 Å². The number of aromatic hydroxyl groups is 3. The molecule has 15 heteroatoms. The van der Waals surface area contributed by atoms with Crippen LogP contribution in [0.4, 0.5) is 5.69 Å². The number of oxime groups is 1. The second-order valence-electron chi connectivity index (χ2n) is 15.7. The summed E-state index contributed by atoms with van der Waals surface area (Å²) in [5.74, 6) is -8.56. The Morgan fingerprint density at radius 3 is 2.29 bits per heavy atom. The lowest BCUT2D eigenvalue weighted by Gasteiger charge is -2.38. The summed E-state index contributed by atoms with van der Waals surface area (Å²) in [5.41, 5.74) is -0.556. The summed E-state index contributed by atoms with van der Waals surface area (Å²) in [6.07, 6.45) is 8.25. The van der Waals surface area contributed by atoms with Crippen LogP contribution in [0, 0.1) is 30.6 Å². The first kappa shape index (κ1) is 46.6. The van der Waals surface area contributed by atoms with Gasteiger partial charge in [0.05, 0.1) is 53.0 Å². The highest BCUT2D eigenvalue weighted by atomic mass is 16.7. The second kappa shape index (κ2) is 19.8. The Labute approximate surface area is 345 Å². The number of amides is 1. The van der Waals surface area contributed by atoms with E-state index in [-0.39, 0.29) is 51.1 Å². The maximum atomic E-state index is 14.4. The van der Waals surface area contributed by atoms with Gasteiger partial charge in [-0.3, -0.25) is 14.4 Å². The number of rotatable bonds is 9. The number of phenols is 3. The van der Waals surface area contributed by atoms with Gasteiger partial charge in [-0.15, -0.1) is 0 Å². The van der Waals surface area contributed by atoms with Crippen LogP contribution in [0.25, 0.3) is 10.8 Å². The summed E-state index contributed by atoms with van der Waals surface area (Å²) in [4.78, 5) is 45.8. The van der Waals surface area contributed by atoms with E-state index >= 15 is 0 Å². The van der Waals surface area contributed by atoms with Gasteiger partial charge in [0.15, 0.2) is 5.75 Å². The van der Waals surface area contributed by atoms with E-state index in [0.29, 0.717) is 6.42 Å². The average Bonchev–Trinajstić information content (AvgIpc) is 3.46. The topological polar surface area (TPSA) is 223 Å². The van der Waals surface area contributed by atoms with Gasteiger partial charge >= 0.3 is 11.8 Å². The number of allylic oxidation sites excluding steroid dienone is 2. The molecule has 0 saturated heterocycles. The van der Waals surface area contributed by atoms with Crippen molar-refractivity contribution in [2.45, 2.75) is 118 Å². The number of carbonyl (C=O) groups excluding carboxylic acids is 3. The zero-order valence-corrected chi connectivity index (χ0v) is 35.6. The van der Waals surface area contributed by atoms with Gasteiger partial charge in [-0.2, -0.15) is 0 Å². The molecular formula is C44H60N2O13. The zero-order chi connectivity index (χ0) is 43.9. The van der Waals surface area contributed by atoms with Crippen LogP contribution >= 0.6 is 0 Å². The van der Waals surface area contributed by atoms with Gasteiger partial charge in [0.1, 0.15) is 30.0 Å². The number of benzene rings is 2. The number of ether oxygens (including phenoxy) is 4. The Morgan fingerprint density at radius 1 is 0.949 bits per heavy atom. The molecule has 9 unspecified atom stereocenters. The number of anilines is 1. The molecule has 15 nitrogen and oxygen atoms in total. The number of nitrogens with one attached hydrogen (secondary N) is 1. The third-order valence-electron chi connectivity index (χ3n) is 11.4. The van der Waals surface area contributed by atoms with Crippen LogP contribution < -0.4 is 10.1 Å². The summed E-state index contributed by atoms with van der Waals surface area (Å²) < 4.78 is 23.5. The molecular weight excluding hydrogens is 764 g/mol. The molecule has 3 aliphatic rings. The molecule has 3 aliphatic heterocycles. The number of fused-ring (bicyclic) bond motifs is 14. The lowest BCUT2D eigenvalue weighted by molar-refractivity contribution is -0.160. The fourth-order valence-corrected chi connectivity index (χ4v) is 7.61. The number of carbonyl (C=O) groups is 3. The third-order valence-corrected chi connectivity index (χ3v) is 11.4. The van der Waals surface area contributed by atoms with Gasteiger partial charge in [0.2, 0.25) is 0 Å². The molecule has 2 aromatic rings. The van der Waals surface area contributed by atoms with E-state index in [1.54, 1.807) is 39.8 Å².